The molecule has 0 N–H and O–H groups in total. The zero-order valence-electron chi connectivity index (χ0n) is 13.8. The van der Waals surface area contributed by atoms with Crippen LogP contribution in [0.25, 0.3) is 0 Å². The zero-order valence-corrected chi connectivity index (χ0v) is 14.5. The molecule has 1 atom stereocenters. The lowest BCUT2D eigenvalue weighted by atomic mass is 10.1. The van der Waals surface area contributed by atoms with Gasteiger partial charge in [0.05, 0.1) is 5.02 Å². The number of amides is 1. The van der Waals surface area contributed by atoms with Crippen molar-refractivity contribution in [1.29, 1.82) is 0 Å². The summed E-state index contributed by atoms with van der Waals surface area (Å²) in [6.07, 6.45) is 0.797. The second kappa shape index (κ2) is 7.57. The van der Waals surface area contributed by atoms with Crippen LogP contribution in [0.5, 0.6) is 5.75 Å². The van der Waals surface area contributed by atoms with Crippen molar-refractivity contribution in [3.8, 4) is 5.75 Å². The van der Waals surface area contributed by atoms with E-state index in [9.17, 15) is 9.59 Å². The van der Waals surface area contributed by atoms with Crippen LogP contribution in [-0.4, -0.2) is 31.1 Å². The third-order valence-corrected chi connectivity index (χ3v) is 4.33. The van der Waals surface area contributed by atoms with Gasteiger partial charge in [-0.1, -0.05) is 41.9 Å². The van der Waals surface area contributed by atoms with Gasteiger partial charge in [-0.2, -0.15) is 0 Å². The highest BCUT2D eigenvalue weighted by Gasteiger charge is 2.30. The molecular formula is C19H18ClNO4. The van der Waals surface area contributed by atoms with Gasteiger partial charge in [0.1, 0.15) is 5.75 Å². The largest absolute Gasteiger partial charge is 0.480 e. The fourth-order valence-corrected chi connectivity index (χ4v) is 3.09. The maximum Gasteiger partial charge on any atom is 0.344 e. The number of nitrogens with zero attached hydrogens (tertiary/aromatic N) is 1. The van der Waals surface area contributed by atoms with Crippen molar-refractivity contribution in [3.05, 3.63) is 59.1 Å². The average Bonchev–Trinajstić information content (AvgIpc) is 2.94. The van der Waals surface area contributed by atoms with Crippen LogP contribution in [0.2, 0.25) is 5.02 Å². The third kappa shape index (κ3) is 3.94. The Morgan fingerprint density at radius 1 is 1.12 bits per heavy atom. The lowest BCUT2D eigenvalue weighted by Gasteiger charge is -2.22. The summed E-state index contributed by atoms with van der Waals surface area (Å²) in [5, 5.41) is 0.411. The summed E-state index contributed by atoms with van der Waals surface area (Å²) < 4.78 is 10.3. The summed E-state index contributed by atoms with van der Waals surface area (Å²) in [5.74, 6) is -0.466. The van der Waals surface area contributed by atoms with Crippen molar-refractivity contribution in [3.63, 3.8) is 0 Å². The number of para-hydroxylation sites is 2. The van der Waals surface area contributed by atoms with Crippen LogP contribution < -0.4 is 9.64 Å². The Kier molecular flexibility index (Phi) is 5.24. The van der Waals surface area contributed by atoms with E-state index in [1.807, 2.05) is 31.2 Å². The van der Waals surface area contributed by atoms with Gasteiger partial charge in [-0.3, -0.25) is 4.79 Å². The molecule has 1 amide bonds. The predicted octanol–water partition coefficient (Wildman–Crippen LogP) is 3.24. The van der Waals surface area contributed by atoms with Crippen LogP contribution in [0.15, 0.2) is 48.5 Å². The van der Waals surface area contributed by atoms with Crippen molar-refractivity contribution in [2.45, 2.75) is 19.4 Å². The highest BCUT2D eigenvalue weighted by Crippen LogP contribution is 2.31. The minimum atomic E-state index is -0.617. The van der Waals surface area contributed by atoms with Crippen LogP contribution in [0.3, 0.4) is 0 Å². The predicted molar refractivity (Wildman–Crippen MR) is 95.0 cm³/mol. The number of benzene rings is 2. The second-order valence-corrected chi connectivity index (χ2v) is 6.23. The smallest absolute Gasteiger partial charge is 0.344 e. The van der Waals surface area contributed by atoms with Crippen molar-refractivity contribution in [2.24, 2.45) is 0 Å². The normalized spacial score (nSPS) is 15.6. The van der Waals surface area contributed by atoms with Crippen LogP contribution in [0, 0.1) is 0 Å². The summed E-state index contributed by atoms with van der Waals surface area (Å²) >= 11 is 5.95. The van der Waals surface area contributed by atoms with E-state index in [0.29, 0.717) is 10.8 Å². The third-order valence-electron chi connectivity index (χ3n) is 4.01. The van der Waals surface area contributed by atoms with E-state index in [1.54, 1.807) is 29.2 Å². The molecule has 0 fully saturated rings. The van der Waals surface area contributed by atoms with Gasteiger partial charge >= 0.3 is 5.97 Å². The molecule has 0 saturated heterocycles. The summed E-state index contributed by atoms with van der Waals surface area (Å²) in [6, 6.07) is 14.6. The Labute approximate surface area is 151 Å². The van der Waals surface area contributed by atoms with Crippen LogP contribution >= 0.6 is 11.6 Å². The van der Waals surface area contributed by atoms with E-state index in [-0.39, 0.29) is 25.2 Å². The van der Waals surface area contributed by atoms with E-state index >= 15 is 0 Å². The number of hydrogen-bond donors (Lipinski definition) is 0. The Bertz CT molecular complexity index is 792. The first kappa shape index (κ1) is 17.3. The average molecular weight is 360 g/mol. The molecule has 130 valence electrons. The monoisotopic (exact) mass is 359 g/mol. The molecule has 0 spiro atoms. The minimum Gasteiger partial charge on any atom is -0.480 e. The van der Waals surface area contributed by atoms with Gasteiger partial charge in [0.25, 0.3) is 5.91 Å². The van der Waals surface area contributed by atoms with Gasteiger partial charge in [0.2, 0.25) is 0 Å². The number of ether oxygens (including phenoxy) is 2. The molecule has 1 aliphatic rings. The lowest BCUT2D eigenvalue weighted by molar-refractivity contribution is -0.149. The maximum absolute atomic E-state index is 12.4. The topological polar surface area (TPSA) is 55.8 Å². The van der Waals surface area contributed by atoms with Gasteiger partial charge in [-0.15, -0.1) is 0 Å². The summed E-state index contributed by atoms with van der Waals surface area (Å²) in [6.45, 7) is 1.35. The molecule has 5 nitrogen and oxygen atoms in total. The first-order valence-electron chi connectivity index (χ1n) is 7.99. The van der Waals surface area contributed by atoms with E-state index in [4.69, 9.17) is 21.1 Å². The van der Waals surface area contributed by atoms with Gasteiger partial charge in [-0.25, -0.2) is 4.79 Å². The fourth-order valence-electron chi connectivity index (χ4n) is 2.90. The van der Waals surface area contributed by atoms with E-state index in [2.05, 4.69) is 0 Å². The number of rotatable bonds is 5. The maximum atomic E-state index is 12.4. The summed E-state index contributed by atoms with van der Waals surface area (Å²) in [7, 11) is 0. The van der Waals surface area contributed by atoms with E-state index in [1.165, 1.54) is 0 Å². The molecule has 6 heteroatoms. The summed E-state index contributed by atoms with van der Waals surface area (Å²) in [5.41, 5.74) is 2.00. The van der Waals surface area contributed by atoms with E-state index in [0.717, 1.165) is 17.7 Å². The van der Waals surface area contributed by atoms with Crippen molar-refractivity contribution in [2.75, 3.05) is 18.1 Å². The Morgan fingerprint density at radius 3 is 2.64 bits per heavy atom. The molecule has 0 saturated carbocycles. The Morgan fingerprint density at radius 2 is 1.84 bits per heavy atom. The molecule has 0 aromatic heterocycles. The minimum absolute atomic E-state index is 0.0444. The Hall–Kier alpha value is -2.53. The van der Waals surface area contributed by atoms with Crippen LogP contribution in [0.4, 0.5) is 5.69 Å². The number of carbonyl (C=O) groups is 2. The van der Waals surface area contributed by atoms with Crippen molar-refractivity contribution >= 4 is 29.2 Å². The van der Waals surface area contributed by atoms with Gasteiger partial charge in [0.15, 0.2) is 13.2 Å². The molecular weight excluding hydrogens is 342 g/mol. The number of esters is 1. The molecule has 1 unspecified atom stereocenters. The molecule has 2 aromatic rings. The Balaban J connectivity index is 1.52. The lowest BCUT2D eigenvalue weighted by Crippen LogP contribution is -2.39. The summed E-state index contributed by atoms with van der Waals surface area (Å²) in [4.78, 5) is 25.9. The number of halogens is 1. The molecule has 2 aromatic carbocycles. The molecule has 1 aliphatic heterocycles. The highest BCUT2D eigenvalue weighted by atomic mass is 35.5. The zero-order chi connectivity index (χ0) is 17.8. The molecule has 25 heavy (non-hydrogen) atoms. The SMILES string of the molecule is CC1Cc2ccccc2N1C(=O)COC(=O)COc1ccccc1Cl. The first-order chi connectivity index (χ1) is 12.1. The standard InChI is InChI=1S/C19H18ClNO4/c1-13-10-14-6-2-4-8-16(14)21(13)18(22)11-25-19(23)12-24-17-9-5-3-7-15(17)20/h2-9,13H,10-12H2,1H3. The molecule has 0 bridgehead atoms. The van der Waals surface area contributed by atoms with E-state index < -0.39 is 5.97 Å². The number of carbonyl (C=O) groups excluding carboxylic acids is 2. The number of fused-ring (bicyclic) bond motifs is 1. The van der Waals surface area contributed by atoms with Crippen LogP contribution in [-0.2, 0) is 20.7 Å². The van der Waals surface area contributed by atoms with Gasteiger partial charge in [-0.05, 0) is 37.1 Å². The van der Waals surface area contributed by atoms with Gasteiger partial charge < -0.3 is 14.4 Å². The molecule has 1 heterocycles. The van der Waals surface area contributed by atoms with Gasteiger partial charge in [0, 0.05) is 11.7 Å². The number of anilines is 1. The first-order valence-corrected chi connectivity index (χ1v) is 8.37. The number of hydrogen-bond acceptors (Lipinski definition) is 4. The highest BCUT2D eigenvalue weighted by molar-refractivity contribution is 6.32. The second-order valence-electron chi connectivity index (χ2n) is 5.83. The van der Waals surface area contributed by atoms with Crippen molar-refractivity contribution in [1.82, 2.24) is 0 Å². The molecule has 0 radical (unpaired) electrons. The fraction of sp³-hybridized carbons (Fsp3) is 0.263. The van der Waals surface area contributed by atoms with Crippen molar-refractivity contribution < 1.29 is 19.1 Å². The quantitative estimate of drug-likeness (QED) is 0.769. The molecule has 3 rings (SSSR count). The van der Waals surface area contributed by atoms with Crippen LogP contribution in [0.1, 0.15) is 12.5 Å². The molecule has 0 aliphatic carbocycles.